The van der Waals surface area contributed by atoms with Crippen LogP contribution in [-0.2, 0) is 15.6 Å². The molecular weight excluding hydrogens is 667 g/mol. The zero-order chi connectivity index (χ0) is 37.6. The molecule has 2 nitrogen and oxygen atoms in total. The molecule has 2 heteroatoms. The van der Waals surface area contributed by atoms with E-state index < -0.39 is 11.6 Å². The van der Waals surface area contributed by atoms with Crippen molar-refractivity contribution in [3.05, 3.63) is 215 Å². The van der Waals surface area contributed by atoms with Crippen molar-refractivity contribution in [2.24, 2.45) is 11.8 Å². The van der Waals surface area contributed by atoms with Gasteiger partial charge in [-0.2, -0.15) is 0 Å². The number of rotatable bonds is 7. The van der Waals surface area contributed by atoms with Crippen LogP contribution in [0.4, 0.5) is 11.4 Å². The van der Waals surface area contributed by atoms with E-state index in [9.17, 15) is 0 Å². The van der Waals surface area contributed by atoms with Gasteiger partial charge in [-0.1, -0.05) is 178 Å². The van der Waals surface area contributed by atoms with E-state index in [1.54, 1.807) is 0 Å². The first-order valence-electron chi connectivity index (χ1n) is 19.4. The maximum Gasteiger partial charge on any atom is 0.154 e. The van der Waals surface area contributed by atoms with E-state index in [1.165, 1.54) is 50.1 Å². The highest BCUT2D eigenvalue weighted by molar-refractivity contribution is 5.87. The second kappa shape index (κ2) is 13.9. The third-order valence-electron chi connectivity index (χ3n) is 12.4. The van der Waals surface area contributed by atoms with Gasteiger partial charge < -0.3 is 9.64 Å². The molecule has 0 amide bonds. The number of benzene rings is 6. The first-order chi connectivity index (χ1) is 26.9. The lowest BCUT2D eigenvalue weighted by Crippen LogP contribution is -2.36. The average Bonchev–Trinajstić information content (AvgIpc) is 3.47. The summed E-state index contributed by atoms with van der Waals surface area (Å²) in [7, 11) is 0. The molecule has 0 bridgehead atoms. The molecule has 0 aromatic heterocycles. The molecule has 6 aromatic rings. The standard InChI is InChI=1S/C53H45NO/c1-5-6-28-46-37(2)45-36-55-51(34-33-48(45)53(46,39-22-12-8-13-23-39)40-24-14-9-15-25-40)54(50-30-19-17-26-42(50)38-20-10-7-11-21-38)41-31-32-44-43-27-16-18-29-47(43)52(3,4)49(44)35-41/h1,6-35,37,46,51H,36H2,2-4H3/b28-6-. The van der Waals surface area contributed by atoms with Crippen LogP contribution in [0.15, 0.2) is 193 Å². The first kappa shape index (κ1) is 34.6. The smallest absolute Gasteiger partial charge is 0.154 e. The zero-order valence-electron chi connectivity index (χ0n) is 31.7. The van der Waals surface area contributed by atoms with Crippen LogP contribution in [0.25, 0.3) is 22.3 Å². The lowest BCUT2D eigenvalue weighted by Gasteiger charge is -2.39. The molecule has 0 N–H and O–H groups in total. The van der Waals surface area contributed by atoms with E-state index in [2.05, 4.69) is 208 Å². The Labute approximate surface area is 326 Å². The number of terminal acetylenes is 1. The van der Waals surface area contributed by atoms with Gasteiger partial charge in [0.15, 0.2) is 6.23 Å². The summed E-state index contributed by atoms with van der Waals surface area (Å²) in [5, 5.41) is 0. The highest BCUT2D eigenvalue weighted by Gasteiger charge is 2.53. The average molecular weight is 712 g/mol. The number of hydrogen-bond acceptors (Lipinski definition) is 2. The topological polar surface area (TPSA) is 12.5 Å². The molecule has 0 spiro atoms. The number of anilines is 2. The predicted octanol–water partition coefficient (Wildman–Crippen LogP) is 12.4. The lowest BCUT2D eigenvalue weighted by molar-refractivity contribution is 0.105. The van der Waals surface area contributed by atoms with Gasteiger partial charge in [-0.25, -0.2) is 0 Å². The third-order valence-corrected chi connectivity index (χ3v) is 12.4. The Kier molecular flexibility index (Phi) is 8.77. The number of fused-ring (bicyclic) bond motifs is 3. The van der Waals surface area contributed by atoms with Gasteiger partial charge >= 0.3 is 0 Å². The van der Waals surface area contributed by atoms with Crippen molar-refractivity contribution in [3.63, 3.8) is 0 Å². The second-order valence-electron chi connectivity index (χ2n) is 15.5. The molecule has 6 aromatic carbocycles. The van der Waals surface area contributed by atoms with Gasteiger partial charge in [-0.05, 0) is 86.4 Å². The van der Waals surface area contributed by atoms with E-state index in [0.717, 1.165) is 16.9 Å². The Hall–Kier alpha value is -6.14. The van der Waals surface area contributed by atoms with Crippen molar-refractivity contribution in [1.29, 1.82) is 0 Å². The molecule has 0 saturated carbocycles. The molecule has 55 heavy (non-hydrogen) atoms. The summed E-state index contributed by atoms with van der Waals surface area (Å²) in [6.07, 6.45) is 14.3. The summed E-state index contributed by atoms with van der Waals surface area (Å²) in [4.78, 5) is 2.41. The molecule has 3 atom stereocenters. The molecule has 3 aliphatic rings. The Bertz CT molecular complexity index is 2460. The molecular formula is C53H45NO. The van der Waals surface area contributed by atoms with Crippen molar-refractivity contribution < 1.29 is 4.74 Å². The molecule has 0 radical (unpaired) electrons. The first-order valence-corrected chi connectivity index (χ1v) is 19.4. The number of hydrogen-bond donors (Lipinski definition) is 0. The van der Waals surface area contributed by atoms with Crippen molar-refractivity contribution >= 4 is 11.4 Å². The highest BCUT2D eigenvalue weighted by Crippen LogP contribution is 2.58. The molecule has 3 unspecified atom stereocenters. The molecule has 1 aliphatic heterocycles. The SMILES string of the molecule is C#C/C=C\C1C(C)C2=C(C=CC(N(c3ccc4c(c3)C(C)(C)c3ccccc3-4)c3ccccc3-c3ccccc3)OC2)C1(c1ccccc1)c1ccccc1. The number of allylic oxidation sites excluding steroid dienone is 4. The normalized spacial score (nSPS) is 20.4. The number of nitrogens with zero attached hydrogens (tertiary/aromatic N) is 1. The van der Waals surface area contributed by atoms with Crippen molar-refractivity contribution in [2.45, 2.75) is 37.8 Å². The summed E-state index contributed by atoms with van der Waals surface area (Å²) in [5.41, 5.74) is 14.3. The Morgan fingerprint density at radius 3 is 1.98 bits per heavy atom. The summed E-state index contributed by atoms with van der Waals surface area (Å²) < 4.78 is 7.22. The quantitative estimate of drug-likeness (QED) is 0.153. The van der Waals surface area contributed by atoms with Gasteiger partial charge in [0.2, 0.25) is 0 Å². The van der Waals surface area contributed by atoms with Gasteiger partial charge in [0.1, 0.15) is 0 Å². The molecule has 0 saturated heterocycles. The van der Waals surface area contributed by atoms with Crippen LogP contribution in [-0.4, -0.2) is 12.8 Å². The fraction of sp³-hybridized carbons (Fsp3) is 0.170. The third kappa shape index (κ3) is 5.53. The van der Waals surface area contributed by atoms with Crippen LogP contribution in [0, 0.1) is 24.2 Å². The van der Waals surface area contributed by atoms with Crippen molar-refractivity contribution in [1.82, 2.24) is 0 Å². The number of ether oxygens (including phenoxy) is 1. The van der Waals surface area contributed by atoms with Gasteiger partial charge in [0.05, 0.1) is 17.7 Å². The lowest BCUT2D eigenvalue weighted by atomic mass is 9.62. The minimum atomic E-state index is -0.463. The zero-order valence-corrected chi connectivity index (χ0v) is 31.7. The summed E-state index contributed by atoms with van der Waals surface area (Å²) >= 11 is 0. The predicted molar refractivity (Wildman–Crippen MR) is 228 cm³/mol. The number of para-hydroxylation sites is 1. The van der Waals surface area contributed by atoms with E-state index in [4.69, 9.17) is 11.2 Å². The Balaban J connectivity index is 1.23. The van der Waals surface area contributed by atoms with E-state index in [0.29, 0.717) is 6.61 Å². The monoisotopic (exact) mass is 711 g/mol. The maximum atomic E-state index is 7.22. The summed E-state index contributed by atoms with van der Waals surface area (Å²) in [5.74, 6) is 3.07. The summed E-state index contributed by atoms with van der Waals surface area (Å²) in [6.45, 7) is 7.52. The molecule has 2 aliphatic carbocycles. The highest BCUT2D eigenvalue weighted by atomic mass is 16.5. The summed E-state index contributed by atoms with van der Waals surface area (Å²) in [6, 6.07) is 57.2. The van der Waals surface area contributed by atoms with E-state index in [1.807, 2.05) is 6.08 Å². The van der Waals surface area contributed by atoms with Crippen LogP contribution >= 0.6 is 0 Å². The Morgan fingerprint density at radius 2 is 1.29 bits per heavy atom. The Morgan fingerprint density at radius 1 is 0.691 bits per heavy atom. The molecule has 1 heterocycles. The van der Waals surface area contributed by atoms with Gasteiger partial charge in [0.25, 0.3) is 0 Å². The van der Waals surface area contributed by atoms with Crippen molar-refractivity contribution in [2.75, 3.05) is 11.5 Å². The largest absolute Gasteiger partial charge is 0.350 e. The minimum absolute atomic E-state index is 0.0960. The molecule has 0 fully saturated rings. The van der Waals surface area contributed by atoms with Crippen LogP contribution in [0.2, 0.25) is 0 Å². The van der Waals surface area contributed by atoms with Crippen LogP contribution in [0.5, 0.6) is 0 Å². The fourth-order valence-electron chi connectivity index (χ4n) is 9.83. The van der Waals surface area contributed by atoms with Gasteiger partial charge in [0, 0.05) is 22.6 Å². The molecule has 268 valence electrons. The minimum Gasteiger partial charge on any atom is -0.350 e. The van der Waals surface area contributed by atoms with Gasteiger partial charge in [-0.15, -0.1) is 6.42 Å². The van der Waals surface area contributed by atoms with Gasteiger partial charge in [-0.3, -0.25) is 0 Å². The maximum absolute atomic E-state index is 7.22. The van der Waals surface area contributed by atoms with Crippen LogP contribution in [0.3, 0.4) is 0 Å². The molecule has 9 rings (SSSR count). The van der Waals surface area contributed by atoms with E-state index in [-0.39, 0.29) is 17.3 Å². The van der Waals surface area contributed by atoms with E-state index >= 15 is 0 Å². The van der Waals surface area contributed by atoms with Crippen LogP contribution < -0.4 is 4.90 Å². The van der Waals surface area contributed by atoms with Crippen LogP contribution in [0.1, 0.15) is 43.0 Å². The second-order valence-corrected chi connectivity index (χ2v) is 15.5. The van der Waals surface area contributed by atoms with Crippen molar-refractivity contribution in [3.8, 4) is 34.6 Å². The fourth-order valence-corrected chi connectivity index (χ4v) is 9.83.